The maximum absolute atomic E-state index is 3.96. The molecule has 0 atom stereocenters. The van der Waals surface area contributed by atoms with Crippen LogP contribution in [0.1, 0.15) is 6.92 Å². The molecule has 0 heterocycles. The van der Waals surface area contributed by atoms with Crippen molar-refractivity contribution in [3.05, 3.63) is 0 Å². The van der Waals surface area contributed by atoms with Crippen molar-refractivity contribution in [1.82, 2.24) is 1.33 Å². The van der Waals surface area contributed by atoms with Gasteiger partial charge in [-0.2, -0.15) is 0 Å². The van der Waals surface area contributed by atoms with Crippen molar-refractivity contribution < 1.29 is 0 Å². The van der Waals surface area contributed by atoms with Crippen molar-refractivity contribution in [2.75, 3.05) is 6.54 Å². The first-order valence-corrected chi connectivity index (χ1v) is 3.81. The van der Waals surface area contributed by atoms with Crippen LogP contribution >= 0.6 is 45.7 Å². The van der Waals surface area contributed by atoms with Crippen LogP contribution in [0, 0.1) is 0 Å². The molecule has 0 aliphatic heterocycles. The van der Waals surface area contributed by atoms with E-state index in [1.54, 1.807) is 6.34 Å². The van der Waals surface area contributed by atoms with E-state index in [1.165, 1.54) is 0 Å². The van der Waals surface area contributed by atoms with Crippen LogP contribution in [0.5, 0.6) is 0 Å². The molecule has 0 saturated carbocycles. The molecule has 0 aliphatic rings. The molecule has 0 amide bonds. The molecule has 2 nitrogen and oxygen atoms in total. The average molecular weight is 324 g/mol. The first kappa shape index (κ1) is 7.93. The first-order valence-electron chi connectivity index (χ1n) is 1.88. The van der Waals surface area contributed by atoms with Crippen molar-refractivity contribution in [1.29, 1.82) is 0 Å². The van der Waals surface area contributed by atoms with E-state index < -0.39 is 0 Å². The zero-order valence-corrected chi connectivity index (χ0v) is 8.25. The minimum atomic E-state index is 0.864. The molecule has 0 radical (unpaired) electrons. The highest BCUT2D eigenvalue weighted by atomic mass is 127. The molecule has 42 valence electrons. The Balaban J connectivity index is 3.08. The van der Waals surface area contributed by atoms with Crippen LogP contribution in [0.4, 0.5) is 0 Å². The molecule has 0 aromatic heterocycles. The summed E-state index contributed by atoms with van der Waals surface area (Å²) in [6, 6.07) is 0. The summed E-state index contributed by atoms with van der Waals surface area (Å²) in [6.07, 6.45) is 1.78. The fourth-order valence-electron chi connectivity index (χ4n) is 0.143. The van der Waals surface area contributed by atoms with Gasteiger partial charge in [-0.25, -0.2) is 1.33 Å². The molecule has 4 heteroatoms. The highest BCUT2D eigenvalue weighted by Crippen LogP contribution is 2.01. The van der Waals surface area contributed by atoms with Crippen molar-refractivity contribution in [2.45, 2.75) is 6.92 Å². The van der Waals surface area contributed by atoms with E-state index in [9.17, 15) is 0 Å². The summed E-state index contributed by atoms with van der Waals surface area (Å²) in [5.41, 5.74) is 0. The molecule has 0 aromatic rings. The van der Waals surface area contributed by atoms with E-state index in [0.717, 1.165) is 6.54 Å². The van der Waals surface area contributed by atoms with Gasteiger partial charge in [0.15, 0.2) is 0 Å². The number of hydrogen-bond donors (Lipinski definition) is 0. The first-order chi connectivity index (χ1) is 3.27. The number of aliphatic imine (C=N–C) groups is 1. The fraction of sp³-hybridized carbons (Fsp3) is 0.667. The molecule has 7 heavy (non-hydrogen) atoms. The summed E-state index contributed by atoms with van der Waals surface area (Å²) >= 11 is 4.27. The second-order valence-corrected chi connectivity index (χ2v) is 4.80. The van der Waals surface area contributed by atoms with E-state index in [0.29, 0.717) is 0 Å². The van der Waals surface area contributed by atoms with Gasteiger partial charge in [-0.3, -0.25) is 4.99 Å². The highest BCUT2D eigenvalue weighted by molar-refractivity contribution is 14.2. The Morgan fingerprint density at radius 3 is 2.43 bits per heavy atom. The molecular formula is C3H6I2N2. The van der Waals surface area contributed by atoms with Gasteiger partial charge in [0, 0.05) is 6.54 Å². The SMILES string of the molecule is CC/N=C/N(I)I. The normalized spacial score (nSPS) is 10.1. The van der Waals surface area contributed by atoms with E-state index >= 15 is 0 Å². The summed E-state index contributed by atoms with van der Waals surface area (Å²) < 4.78 is 1.86. The van der Waals surface area contributed by atoms with Gasteiger partial charge >= 0.3 is 0 Å². The van der Waals surface area contributed by atoms with Crippen molar-refractivity contribution in [3.8, 4) is 0 Å². The van der Waals surface area contributed by atoms with Gasteiger partial charge in [0.2, 0.25) is 0 Å². The summed E-state index contributed by atoms with van der Waals surface area (Å²) in [5.74, 6) is 0. The Hall–Kier alpha value is 0.930. The monoisotopic (exact) mass is 324 g/mol. The Morgan fingerprint density at radius 1 is 1.71 bits per heavy atom. The van der Waals surface area contributed by atoms with Gasteiger partial charge in [-0.1, -0.05) is 0 Å². The van der Waals surface area contributed by atoms with Crippen LogP contribution in [0.15, 0.2) is 4.99 Å². The Bertz CT molecular complexity index is 62.0. The van der Waals surface area contributed by atoms with Crippen molar-refractivity contribution in [3.63, 3.8) is 0 Å². The molecule has 0 rings (SSSR count). The third-order valence-electron chi connectivity index (χ3n) is 0.352. The van der Waals surface area contributed by atoms with Gasteiger partial charge in [0.1, 0.15) is 6.34 Å². The van der Waals surface area contributed by atoms with Crippen molar-refractivity contribution >= 4 is 52.1 Å². The minimum absolute atomic E-state index is 0.864. The van der Waals surface area contributed by atoms with Crippen LogP contribution in [0.25, 0.3) is 0 Å². The Kier molecular flexibility index (Phi) is 5.75. The fourth-order valence-corrected chi connectivity index (χ4v) is 0.496. The van der Waals surface area contributed by atoms with Crippen LogP contribution in [-0.4, -0.2) is 14.2 Å². The number of rotatable bonds is 2. The molecule has 0 bridgehead atoms. The summed E-state index contributed by atoms with van der Waals surface area (Å²) in [6.45, 7) is 2.87. The summed E-state index contributed by atoms with van der Waals surface area (Å²) in [7, 11) is 0. The third kappa shape index (κ3) is 6.93. The second kappa shape index (κ2) is 5.07. The van der Waals surface area contributed by atoms with E-state index in [-0.39, 0.29) is 0 Å². The zero-order chi connectivity index (χ0) is 5.70. The van der Waals surface area contributed by atoms with Gasteiger partial charge in [-0.05, 0) is 6.92 Å². The zero-order valence-electron chi connectivity index (χ0n) is 3.93. The lowest BCUT2D eigenvalue weighted by atomic mass is 10.8. The molecule has 0 aliphatic carbocycles. The lowest BCUT2D eigenvalue weighted by Crippen LogP contribution is -1.88. The van der Waals surface area contributed by atoms with Gasteiger partial charge in [0.05, 0.1) is 45.7 Å². The molecule has 0 N–H and O–H groups in total. The van der Waals surface area contributed by atoms with Gasteiger partial charge in [0.25, 0.3) is 0 Å². The molecule has 0 spiro atoms. The van der Waals surface area contributed by atoms with E-state index in [4.69, 9.17) is 0 Å². The van der Waals surface area contributed by atoms with Gasteiger partial charge in [-0.15, -0.1) is 0 Å². The standard InChI is InChI=1S/C3H6I2N2/c1-2-6-3-7(4)5/h3H,2H2,1H3/b6-3+. The number of halogens is 2. The maximum Gasteiger partial charge on any atom is 0.103 e. The Morgan fingerprint density at radius 2 is 2.29 bits per heavy atom. The molecule has 0 aromatic carbocycles. The van der Waals surface area contributed by atoms with Crippen molar-refractivity contribution in [2.24, 2.45) is 4.99 Å². The van der Waals surface area contributed by atoms with Gasteiger partial charge < -0.3 is 0 Å². The van der Waals surface area contributed by atoms with E-state index in [1.807, 2.05) is 8.25 Å². The van der Waals surface area contributed by atoms with E-state index in [2.05, 4.69) is 50.7 Å². The van der Waals surface area contributed by atoms with Crippen LogP contribution in [0.3, 0.4) is 0 Å². The molecular weight excluding hydrogens is 318 g/mol. The predicted molar refractivity (Wildman–Crippen MR) is 48.9 cm³/mol. The Labute approximate surface area is 71.4 Å². The average Bonchev–Trinajstić information content (AvgIpc) is 1.61. The molecule has 0 unspecified atom stereocenters. The number of nitrogens with zero attached hydrogens (tertiary/aromatic N) is 2. The van der Waals surface area contributed by atoms with Crippen LogP contribution in [0.2, 0.25) is 0 Å². The lowest BCUT2D eigenvalue weighted by molar-refractivity contribution is 1.11. The maximum atomic E-state index is 3.96. The minimum Gasteiger partial charge on any atom is -0.275 e. The molecule has 0 saturated heterocycles. The summed E-state index contributed by atoms with van der Waals surface area (Å²) in [5, 5.41) is 0. The smallest absolute Gasteiger partial charge is 0.103 e. The van der Waals surface area contributed by atoms with Crippen LogP contribution in [-0.2, 0) is 0 Å². The molecule has 0 fully saturated rings. The topological polar surface area (TPSA) is 15.6 Å². The lowest BCUT2D eigenvalue weighted by Gasteiger charge is -1.92. The quantitative estimate of drug-likeness (QED) is 0.329. The number of hydrogen-bond acceptors (Lipinski definition) is 1. The van der Waals surface area contributed by atoms with Crippen LogP contribution < -0.4 is 0 Å². The predicted octanol–water partition coefficient (Wildman–Crippen LogP) is 2.04. The second-order valence-electron chi connectivity index (χ2n) is 0.873. The highest BCUT2D eigenvalue weighted by Gasteiger charge is 1.76. The summed E-state index contributed by atoms with van der Waals surface area (Å²) in [4.78, 5) is 3.96. The third-order valence-corrected chi connectivity index (χ3v) is 0.850. The largest absolute Gasteiger partial charge is 0.275 e.